The van der Waals surface area contributed by atoms with Crippen LogP contribution in [-0.2, 0) is 16.2 Å². The number of anilines is 1. The number of sulfonamides is 1. The Morgan fingerprint density at radius 3 is 2.33 bits per heavy atom. The molecule has 1 aromatic carbocycles. The van der Waals surface area contributed by atoms with E-state index < -0.39 is 21.8 Å². The average Bonchev–Trinajstić information content (AvgIpc) is 3.28. The Labute approximate surface area is 170 Å². The summed E-state index contributed by atoms with van der Waals surface area (Å²) in [6.07, 6.45) is 0.159. The van der Waals surface area contributed by atoms with E-state index in [0.29, 0.717) is 30.8 Å². The third kappa shape index (κ3) is 4.00. The van der Waals surface area contributed by atoms with Crippen molar-refractivity contribution in [3.05, 3.63) is 60.7 Å². The van der Waals surface area contributed by atoms with Crippen molar-refractivity contribution in [2.45, 2.75) is 11.1 Å². The van der Waals surface area contributed by atoms with E-state index in [2.05, 4.69) is 15.1 Å². The van der Waals surface area contributed by atoms with Gasteiger partial charge < -0.3 is 4.90 Å². The van der Waals surface area contributed by atoms with Crippen molar-refractivity contribution in [3.63, 3.8) is 0 Å². The summed E-state index contributed by atoms with van der Waals surface area (Å²) in [5, 5.41) is 4.12. The molecular formula is C18H17F3N6O2S. The van der Waals surface area contributed by atoms with Crippen LogP contribution in [0.15, 0.2) is 60.0 Å². The number of piperazine rings is 1. The Hall–Kier alpha value is -2.99. The third-order valence-electron chi connectivity index (χ3n) is 4.74. The monoisotopic (exact) mass is 438 g/mol. The van der Waals surface area contributed by atoms with Crippen LogP contribution in [0.2, 0.25) is 0 Å². The second kappa shape index (κ2) is 7.69. The lowest BCUT2D eigenvalue weighted by molar-refractivity contribution is -0.137. The molecule has 4 rings (SSSR count). The molecule has 0 saturated carbocycles. The largest absolute Gasteiger partial charge is 0.416 e. The maximum atomic E-state index is 12.9. The Morgan fingerprint density at radius 1 is 0.933 bits per heavy atom. The molecule has 1 fully saturated rings. The zero-order chi connectivity index (χ0) is 21.4. The van der Waals surface area contributed by atoms with Gasteiger partial charge in [-0.15, -0.1) is 0 Å². The number of benzene rings is 1. The van der Waals surface area contributed by atoms with Gasteiger partial charge in [-0.3, -0.25) is 0 Å². The molecule has 12 heteroatoms. The van der Waals surface area contributed by atoms with Gasteiger partial charge in [0.15, 0.2) is 5.82 Å². The van der Waals surface area contributed by atoms with Gasteiger partial charge in [-0.2, -0.15) is 22.6 Å². The molecule has 1 aliphatic rings. The molecular weight excluding hydrogens is 421 g/mol. The van der Waals surface area contributed by atoms with E-state index in [1.807, 2.05) is 4.90 Å². The molecule has 8 nitrogen and oxygen atoms in total. The van der Waals surface area contributed by atoms with Crippen LogP contribution in [0.4, 0.5) is 19.0 Å². The number of aromatic nitrogens is 4. The van der Waals surface area contributed by atoms with E-state index in [0.717, 1.165) is 12.1 Å². The van der Waals surface area contributed by atoms with E-state index in [4.69, 9.17) is 0 Å². The van der Waals surface area contributed by atoms with Gasteiger partial charge in [-0.25, -0.2) is 23.1 Å². The number of nitrogens with zero attached hydrogens (tertiary/aromatic N) is 6. The molecule has 158 valence electrons. The first kappa shape index (κ1) is 20.3. The molecule has 0 aliphatic carbocycles. The molecule has 0 bridgehead atoms. The Kier molecular flexibility index (Phi) is 5.20. The smallest absolute Gasteiger partial charge is 0.354 e. The molecule has 2 aromatic heterocycles. The van der Waals surface area contributed by atoms with Crippen LogP contribution in [0.1, 0.15) is 5.56 Å². The minimum atomic E-state index is -4.61. The van der Waals surface area contributed by atoms with Crippen LogP contribution < -0.4 is 4.90 Å². The maximum Gasteiger partial charge on any atom is 0.416 e. The van der Waals surface area contributed by atoms with Crippen molar-refractivity contribution in [1.29, 1.82) is 0 Å². The van der Waals surface area contributed by atoms with Crippen LogP contribution in [-0.4, -0.2) is 58.7 Å². The van der Waals surface area contributed by atoms with Crippen LogP contribution in [0.5, 0.6) is 0 Å². The molecule has 30 heavy (non-hydrogen) atoms. The van der Waals surface area contributed by atoms with E-state index in [1.165, 1.54) is 16.7 Å². The first-order valence-corrected chi connectivity index (χ1v) is 10.4. The van der Waals surface area contributed by atoms with E-state index in [9.17, 15) is 21.6 Å². The van der Waals surface area contributed by atoms with Crippen molar-refractivity contribution >= 4 is 15.8 Å². The molecule has 1 aliphatic heterocycles. The van der Waals surface area contributed by atoms with Gasteiger partial charge in [0.1, 0.15) is 12.1 Å². The Morgan fingerprint density at radius 2 is 1.67 bits per heavy atom. The molecule has 3 heterocycles. The van der Waals surface area contributed by atoms with Crippen LogP contribution in [0.3, 0.4) is 0 Å². The highest BCUT2D eigenvalue weighted by molar-refractivity contribution is 7.89. The summed E-state index contributed by atoms with van der Waals surface area (Å²) < 4.78 is 67.2. The van der Waals surface area contributed by atoms with E-state index >= 15 is 0 Å². The highest BCUT2D eigenvalue weighted by atomic mass is 32.2. The van der Waals surface area contributed by atoms with E-state index in [-0.39, 0.29) is 18.0 Å². The lowest BCUT2D eigenvalue weighted by atomic mass is 10.2. The predicted molar refractivity (Wildman–Crippen MR) is 102 cm³/mol. The van der Waals surface area contributed by atoms with Gasteiger partial charge in [0.25, 0.3) is 0 Å². The van der Waals surface area contributed by atoms with Crippen LogP contribution in [0.25, 0.3) is 5.82 Å². The highest BCUT2D eigenvalue weighted by Crippen LogP contribution is 2.31. The fourth-order valence-electron chi connectivity index (χ4n) is 3.18. The Bertz CT molecular complexity index is 1130. The summed E-state index contributed by atoms with van der Waals surface area (Å²) >= 11 is 0. The predicted octanol–water partition coefficient (Wildman–Crippen LogP) is 2.19. The lowest BCUT2D eigenvalue weighted by Crippen LogP contribution is -2.49. The summed E-state index contributed by atoms with van der Waals surface area (Å²) in [6.45, 7) is 0.931. The standard InChI is InChI=1S/C18H17F3N6O2S/c19-18(20,21)14-3-1-4-15(11-14)30(28,29)26-9-7-25(8-10-26)16-12-17(23-13-22-16)27-6-2-5-24-27/h1-6,11-13H,7-10H2. The topological polar surface area (TPSA) is 84.2 Å². The van der Waals surface area contributed by atoms with Gasteiger partial charge in [0.2, 0.25) is 10.0 Å². The molecule has 0 radical (unpaired) electrons. The van der Waals surface area contributed by atoms with Crippen LogP contribution in [0, 0.1) is 0 Å². The van der Waals surface area contributed by atoms with Crippen molar-refractivity contribution in [2.24, 2.45) is 0 Å². The molecule has 0 spiro atoms. The van der Waals surface area contributed by atoms with Gasteiger partial charge in [-0.05, 0) is 24.3 Å². The summed E-state index contributed by atoms with van der Waals surface area (Å²) in [7, 11) is -4.03. The molecule has 1 saturated heterocycles. The van der Waals surface area contributed by atoms with Gasteiger partial charge >= 0.3 is 6.18 Å². The zero-order valence-electron chi connectivity index (χ0n) is 15.6. The third-order valence-corrected chi connectivity index (χ3v) is 6.63. The highest BCUT2D eigenvalue weighted by Gasteiger charge is 2.34. The second-order valence-corrected chi connectivity index (χ2v) is 8.54. The van der Waals surface area contributed by atoms with Crippen molar-refractivity contribution < 1.29 is 21.6 Å². The SMILES string of the molecule is O=S(=O)(c1cccc(C(F)(F)F)c1)N1CCN(c2cc(-n3cccn3)ncn2)CC1. The first-order chi connectivity index (χ1) is 14.2. The minimum Gasteiger partial charge on any atom is -0.354 e. The first-order valence-electron chi connectivity index (χ1n) is 8.99. The summed E-state index contributed by atoms with van der Waals surface area (Å²) in [4.78, 5) is 9.93. The summed E-state index contributed by atoms with van der Waals surface area (Å²) in [5.74, 6) is 1.19. The zero-order valence-corrected chi connectivity index (χ0v) is 16.4. The summed E-state index contributed by atoms with van der Waals surface area (Å²) in [5.41, 5.74) is -0.991. The summed E-state index contributed by atoms with van der Waals surface area (Å²) in [6, 6.07) is 7.30. The van der Waals surface area contributed by atoms with Crippen molar-refractivity contribution in [3.8, 4) is 5.82 Å². The van der Waals surface area contributed by atoms with Gasteiger partial charge in [0.05, 0.1) is 10.5 Å². The maximum absolute atomic E-state index is 12.9. The van der Waals surface area contributed by atoms with Gasteiger partial charge in [-0.1, -0.05) is 6.07 Å². The Balaban J connectivity index is 1.49. The number of hydrogen-bond donors (Lipinski definition) is 0. The molecule has 3 aromatic rings. The molecule has 0 atom stereocenters. The fourth-order valence-corrected chi connectivity index (χ4v) is 4.65. The molecule has 0 N–H and O–H groups in total. The lowest BCUT2D eigenvalue weighted by Gasteiger charge is -2.34. The average molecular weight is 438 g/mol. The van der Waals surface area contributed by atoms with E-state index in [1.54, 1.807) is 29.2 Å². The molecule has 0 amide bonds. The molecule has 0 unspecified atom stereocenters. The second-order valence-electron chi connectivity index (χ2n) is 6.60. The minimum absolute atomic E-state index is 0.125. The van der Waals surface area contributed by atoms with Crippen molar-refractivity contribution in [1.82, 2.24) is 24.1 Å². The van der Waals surface area contributed by atoms with Gasteiger partial charge in [0, 0.05) is 44.6 Å². The number of halogens is 3. The number of hydrogen-bond acceptors (Lipinski definition) is 6. The fraction of sp³-hybridized carbons (Fsp3) is 0.278. The number of rotatable bonds is 4. The quantitative estimate of drug-likeness (QED) is 0.621. The normalized spacial score (nSPS) is 16.0. The number of alkyl halides is 3. The van der Waals surface area contributed by atoms with Crippen LogP contribution >= 0.6 is 0 Å². The van der Waals surface area contributed by atoms with Crippen molar-refractivity contribution in [2.75, 3.05) is 31.1 Å².